The predicted molar refractivity (Wildman–Crippen MR) is 130 cm³/mol. The summed E-state index contributed by atoms with van der Waals surface area (Å²) in [6.07, 6.45) is -10.3. The Morgan fingerprint density at radius 3 is 1.51 bits per heavy atom. The third-order valence-corrected chi connectivity index (χ3v) is 10.0. The van der Waals surface area contributed by atoms with Gasteiger partial charge in [-0.1, -0.05) is 36.4 Å². The van der Waals surface area contributed by atoms with Crippen molar-refractivity contribution in [3.63, 3.8) is 0 Å². The molecule has 0 fully saturated rings. The van der Waals surface area contributed by atoms with Gasteiger partial charge in [-0.2, -0.15) is 26.3 Å². The number of nitro benzene ring substituents is 1. The van der Waals surface area contributed by atoms with Crippen molar-refractivity contribution >= 4 is 31.2 Å². The van der Waals surface area contributed by atoms with Crippen LogP contribution in [0.15, 0.2) is 84.9 Å². The van der Waals surface area contributed by atoms with Crippen LogP contribution in [0.5, 0.6) is 0 Å². The Labute approximate surface area is 218 Å². The Hall–Kier alpha value is -3.02. The molecule has 0 aliphatic carbocycles. The van der Waals surface area contributed by atoms with E-state index < -0.39 is 56.8 Å². The van der Waals surface area contributed by atoms with Gasteiger partial charge in [0, 0.05) is 22.7 Å². The number of halogens is 6. The zero-order valence-corrected chi connectivity index (χ0v) is 21.4. The van der Waals surface area contributed by atoms with Gasteiger partial charge in [-0.25, -0.2) is 5.09 Å². The third-order valence-electron chi connectivity index (χ3n) is 5.10. The predicted octanol–water partition coefficient (Wildman–Crippen LogP) is 6.46. The van der Waals surface area contributed by atoms with Gasteiger partial charge >= 0.3 is 19.9 Å². The minimum absolute atomic E-state index is 0.0707. The first-order valence-corrected chi connectivity index (χ1v) is 14.2. The van der Waals surface area contributed by atoms with E-state index >= 15 is 0 Å². The number of nitro groups is 1. The molecule has 8 nitrogen and oxygen atoms in total. The Morgan fingerprint density at radius 2 is 1.15 bits per heavy atom. The van der Waals surface area contributed by atoms with Crippen LogP contribution in [0, 0.1) is 10.1 Å². The van der Waals surface area contributed by atoms with Gasteiger partial charge in [0.25, 0.3) is 5.69 Å². The summed E-state index contributed by atoms with van der Waals surface area (Å²) >= 11 is 0. The summed E-state index contributed by atoms with van der Waals surface area (Å²) in [6.45, 7) is -4.51. The van der Waals surface area contributed by atoms with Crippen LogP contribution >= 0.6 is 14.9 Å². The maximum absolute atomic E-state index is 14.5. The smallest absolute Gasteiger partial charge is 0.298 e. The SMILES string of the molecule is O=[N+]([O-])c1ccc([C@H](NP(=O)(c2ccccc2)c2ccccc2)P(=O)(OCC(F)(F)F)OCC(F)(F)F)cc1. The second kappa shape index (κ2) is 12.0. The lowest BCUT2D eigenvalue weighted by Crippen LogP contribution is -2.32. The molecule has 39 heavy (non-hydrogen) atoms. The molecule has 0 bridgehead atoms. The van der Waals surface area contributed by atoms with Crippen molar-refractivity contribution in [2.75, 3.05) is 13.2 Å². The Bertz CT molecular complexity index is 1290. The molecular weight excluding hydrogens is 576 g/mol. The highest BCUT2D eigenvalue weighted by atomic mass is 31.2. The summed E-state index contributed by atoms with van der Waals surface area (Å²) in [6, 6.07) is 18.4. The average molecular weight is 596 g/mol. The second-order valence-electron chi connectivity index (χ2n) is 7.98. The highest BCUT2D eigenvalue weighted by molar-refractivity contribution is 7.77. The molecule has 0 spiro atoms. The molecule has 3 aromatic rings. The quantitative estimate of drug-likeness (QED) is 0.117. The molecule has 0 aromatic heterocycles. The topological polar surface area (TPSA) is 108 Å². The van der Waals surface area contributed by atoms with E-state index in [2.05, 4.69) is 14.1 Å². The van der Waals surface area contributed by atoms with E-state index in [0.717, 1.165) is 24.3 Å². The van der Waals surface area contributed by atoms with Crippen molar-refractivity contribution in [2.45, 2.75) is 18.1 Å². The van der Waals surface area contributed by atoms with Gasteiger partial charge in [0.2, 0.25) is 7.29 Å². The van der Waals surface area contributed by atoms with Gasteiger partial charge in [0.15, 0.2) is 13.2 Å². The standard InChI is InChI=1S/C23H20F6N2O6P2/c24-22(25,26)15-36-39(35,37-16-23(27,28)29)21(17-11-13-18(14-12-17)31(32)33)30-38(34,19-7-3-1-4-8-19)20-9-5-2-6-10-20/h1-14,21H,15-16H2,(H,30,34)/t21-/m1/s1. The van der Waals surface area contributed by atoms with Crippen LogP contribution in [0.25, 0.3) is 0 Å². The number of benzene rings is 3. The molecule has 3 rings (SSSR count). The zero-order valence-electron chi connectivity index (χ0n) is 19.6. The fraction of sp³-hybridized carbons (Fsp3) is 0.217. The maximum Gasteiger partial charge on any atom is 0.412 e. The van der Waals surface area contributed by atoms with Crippen LogP contribution < -0.4 is 15.7 Å². The molecule has 0 amide bonds. The normalized spacial score (nSPS) is 13.7. The molecule has 3 aromatic carbocycles. The lowest BCUT2D eigenvalue weighted by atomic mass is 10.2. The largest absolute Gasteiger partial charge is 0.412 e. The van der Waals surface area contributed by atoms with Gasteiger partial charge in [0.05, 0.1) is 4.92 Å². The third kappa shape index (κ3) is 8.23. The van der Waals surface area contributed by atoms with Crippen LogP contribution in [-0.2, 0) is 18.2 Å². The highest BCUT2D eigenvalue weighted by Crippen LogP contribution is 2.63. The molecule has 0 saturated carbocycles. The molecule has 0 aliphatic heterocycles. The first kappa shape index (κ1) is 30.5. The molecule has 0 heterocycles. The Kier molecular flexibility index (Phi) is 9.40. The fourth-order valence-corrected chi connectivity index (χ4v) is 8.25. The van der Waals surface area contributed by atoms with Crippen LogP contribution in [-0.4, -0.2) is 30.5 Å². The van der Waals surface area contributed by atoms with Crippen molar-refractivity contribution in [1.29, 1.82) is 0 Å². The summed E-state index contributed by atoms with van der Waals surface area (Å²) in [7, 11) is -9.69. The first-order chi connectivity index (χ1) is 18.1. The fourth-order valence-electron chi connectivity index (χ4n) is 3.37. The summed E-state index contributed by atoms with van der Waals surface area (Å²) < 4.78 is 116. The molecular formula is C23H20F6N2O6P2. The monoisotopic (exact) mass is 596 g/mol. The number of hydrogen-bond acceptors (Lipinski definition) is 6. The van der Waals surface area contributed by atoms with Gasteiger partial charge in [0.1, 0.15) is 5.78 Å². The Morgan fingerprint density at radius 1 is 0.744 bits per heavy atom. The van der Waals surface area contributed by atoms with E-state index in [1.165, 1.54) is 48.5 Å². The maximum atomic E-state index is 14.5. The van der Waals surface area contributed by atoms with Gasteiger partial charge < -0.3 is 0 Å². The zero-order chi connectivity index (χ0) is 28.9. The van der Waals surface area contributed by atoms with Crippen LogP contribution in [0.2, 0.25) is 0 Å². The van der Waals surface area contributed by atoms with E-state index in [-0.39, 0.29) is 16.2 Å². The molecule has 210 valence electrons. The molecule has 16 heteroatoms. The lowest BCUT2D eigenvalue weighted by Gasteiger charge is -2.32. The van der Waals surface area contributed by atoms with Gasteiger partial charge in [-0.15, -0.1) is 0 Å². The number of alkyl halides is 6. The minimum atomic E-state index is -5.51. The van der Waals surface area contributed by atoms with E-state index in [9.17, 15) is 45.6 Å². The number of non-ortho nitro benzene ring substituents is 1. The van der Waals surface area contributed by atoms with Crippen molar-refractivity contribution < 1.29 is 49.4 Å². The average Bonchev–Trinajstić information content (AvgIpc) is 2.89. The van der Waals surface area contributed by atoms with Crippen LogP contribution in [0.3, 0.4) is 0 Å². The molecule has 0 aliphatic rings. The van der Waals surface area contributed by atoms with Gasteiger partial charge in [-0.05, 0) is 42.0 Å². The summed E-state index contributed by atoms with van der Waals surface area (Å²) in [5, 5.41) is 13.7. The second-order valence-corrected chi connectivity index (χ2v) is 12.6. The van der Waals surface area contributed by atoms with Crippen LogP contribution in [0.4, 0.5) is 32.0 Å². The first-order valence-electron chi connectivity index (χ1n) is 10.9. The van der Waals surface area contributed by atoms with E-state index in [1.54, 1.807) is 12.1 Å². The van der Waals surface area contributed by atoms with E-state index in [1.807, 2.05) is 0 Å². The summed E-state index contributed by atoms with van der Waals surface area (Å²) in [5.74, 6) is -2.19. The van der Waals surface area contributed by atoms with Gasteiger partial charge in [-0.3, -0.25) is 28.3 Å². The number of hydrogen-bond donors (Lipinski definition) is 1. The number of nitrogens with zero attached hydrogens (tertiary/aromatic N) is 1. The molecule has 0 unspecified atom stereocenters. The summed E-state index contributed by atoms with van der Waals surface area (Å²) in [4.78, 5) is 10.3. The van der Waals surface area contributed by atoms with E-state index in [0.29, 0.717) is 0 Å². The number of nitrogens with one attached hydrogen (secondary N) is 1. The van der Waals surface area contributed by atoms with Crippen LogP contribution in [0.1, 0.15) is 11.3 Å². The van der Waals surface area contributed by atoms with Crippen molar-refractivity contribution in [1.82, 2.24) is 5.09 Å². The van der Waals surface area contributed by atoms with Crippen molar-refractivity contribution in [3.05, 3.63) is 101 Å². The summed E-state index contributed by atoms with van der Waals surface area (Å²) in [5.41, 5.74) is -0.811. The van der Waals surface area contributed by atoms with Crippen molar-refractivity contribution in [3.8, 4) is 0 Å². The molecule has 1 atom stereocenters. The van der Waals surface area contributed by atoms with Crippen molar-refractivity contribution in [2.24, 2.45) is 0 Å². The van der Waals surface area contributed by atoms with E-state index in [4.69, 9.17) is 0 Å². The number of rotatable bonds is 11. The Balaban J connectivity index is 2.22. The highest BCUT2D eigenvalue weighted by Gasteiger charge is 2.47. The molecule has 0 saturated heterocycles. The molecule has 1 N–H and O–H groups in total. The molecule has 0 radical (unpaired) electrons. The lowest BCUT2D eigenvalue weighted by molar-refractivity contribution is -0.384. The minimum Gasteiger partial charge on any atom is -0.298 e.